The summed E-state index contributed by atoms with van der Waals surface area (Å²) in [5.74, 6) is 1.34. The van der Waals surface area contributed by atoms with Crippen molar-refractivity contribution in [1.29, 1.82) is 0 Å². The smallest absolute Gasteiger partial charge is 0.122 e. The van der Waals surface area contributed by atoms with Crippen molar-refractivity contribution in [3.05, 3.63) is 40.7 Å². The third-order valence-electron chi connectivity index (χ3n) is 3.81. The maximum absolute atomic E-state index is 10.5. The average molecular weight is 290 g/mol. The fourth-order valence-corrected chi connectivity index (χ4v) is 2.45. The van der Waals surface area contributed by atoms with Crippen LogP contribution >= 0.6 is 0 Å². The SMILES string of the molecule is COc1cc(OC)cc(C(O)Cc2c(C)nn(C)c2C)c1. The first-order valence-corrected chi connectivity index (χ1v) is 6.86. The first-order valence-electron chi connectivity index (χ1n) is 6.86. The molecule has 1 heterocycles. The Balaban J connectivity index is 2.29. The van der Waals surface area contributed by atoms with Gasteiger partial charge in [0.05, 0.1) is 26.0 Å². The average Bonchev–Trinajstić information content (AvgIpc) is 2.72. The summed E-state index contributed by atoms with van der Waals surface area (Å²) in [6, 6.07) is 5.44. The largest absolute Gasteiger partial charge is 0.497 e. The highest BCUT2D eigenvalue weighted by Crippen LogP contribution is 2.29. The van der Waals surface area contributed by atoms with Crippen molar-refractivity contribution >= 4 is 0 Å². The zero-order valence-electron chi connectivity index (χ0n) is 13.2. The minimum absolute atomic E-state index is 0.516. The summed E-state index contributed by atoms with van der Waals surface area (Å²) in [6.45, 7) is 3.97. The van der Waals surface area contributed by atoms with Crippen molar-refractivity contribution in [1.82, 2.24) is 9.78 Å². The van der Waals surface area contributed by atoms with E-state index in [4.69, 9.17) is 9.47 Å². The molecular weight excluding hydrogens is 268 g/mol. The highest BCUT2D eigenvalue weighted by Gasteiger charge is 2.17. The van der Waals surface area contributed by atoms with Crippen LogP contribution in [-0.2, 0) is 13.5 Å². The number of aliphatic hydroxyl groups excluding tert-OH is 1. The summed E-state index contributed by atoms with van der Waals surface area (Å²) in [6.07, 6.45) is -0.113. The van der Waals surface area contributed by atoms with Crippen LogP contribution in [0.1, 0.15) is 28.6 Å². The van der Waals surface area contributed by atoms with Crippen molar-refractivity contribution in [2.45, 2.75) is 26.4 Å². The zero-order chi connectivity index (χ0) is 15.6. The molecule has 2 aromatic rings. The molecule has 1 aromatic heterocycles. The Morgan fingerprint density at radius 2 is 1.71 bits per heavy atom. The van der Waals surface area contributed by atoms with Crippen LogP contribution in [0.3, 0.4) is 0 Å². The van der Waals surface area contributed by atoms with Crippen molar-refractivity contribution in [3.8, 4) is 11.5 Å². The molecule has 1 unspecified atom stereocenters. The maximum atomic E-state index is 10.5. The molecule has 21 heavy (non-hydrogen) atoms. The number of aliphatic hydroxyl groups is 1. The third kappa shape index (κ3) is 3.19. The normalized spacial score (nSPS) is 12.3. The fourth-order valence-electron chi connectivity index (χ4n) is 2.45. The minimum atomic E-state index is -0.629. The Kier molecular flexibility index (Phi) is 4.53. The van der Waals surface area contributed by atoms with Gasteiger partial charge in [-0.05, 0) is 37.1 Å². The second-order valence-electron chi connectivity index (χ2n) is 5.14. The topological polar surface area (TPSA) is 56.5 Å². The lowest BCUT2D eigenvalue weighted by molar-refractivity contribution is 0.177. The number of hydrogen-bond donors (Lipinski definition) is 1. The molecule has 0 spiro atoms. The standard InChI is InChI=1S/C16H22N2O3/c1-10-15(11(2)18(3)17-10)9-16(19)12-6-13(20-4)8-14(7-12)21-5/h6-8,16,19H,9H2,1-5H3. The summed E-state index contributed by atoms with van der Waals surface area (Å²) in [7, 11) is 5.10. The summed E-state index contributed by atoms with van der Waals surface area (Å²) in [5, 5.41) is 14.9. The van der Waals surface area contributed by atoms with Crippen LogP contribution < -0.4 is 9.47 Å². The lowest BCUT2D eigenvalue weighted by Crippen LogP contribution is -2.05. The molecule has 0 bridgehead atoms. The predicted molar refractivity (Wildman–Crippen MR) is 80.9 cm³/mol. The Bertz CT molecular complexity index is 612. The number of nitrogens with zero attached hydrogens (tertiary/aromatic N) is 2. The van der Waals surface area contributed by atoms with Gasteiger partial charge in [-0.25, -0.2) is 0 Å². The van der Waals surface area contributed by atoms with Gasteiger partial charge in [-0.3, -0.25) is 4.68 Å². The van der Waals surface area contributed by atoms with Crippen molar-refractivity contribution < 1.29 is 14.6 Å². The second-order valence-corrected chi connectivity index (χ2v) is 5.14. The van der Waals surface area contributed by atoms with Gasteiger partial charge in [0, 0.05) is 25.2 Å². The van der Waals surface area contributed by atoms with Gasteiger partial charge >= 0.3 is 0 Å². The van der Waals surface area contributed by atoms with Crippen molar-refractivity contribution in [3.63, 3.8) is 0 Å². The zero-order valence-corrected chi connectivity index (χ0v) is 13.2. The lowest BCUT2D eigenvalue weighted by Gasteiger charge is -2.14. The predicted octanol–water partition coefficient (Wildman–Crippen LogP) is 2.33. The van der Waals surface area contributed by atoms with Gasteiger partial charge in [0.25, 0.3) is 0 Å². The van der Waals surface area contributed by atoms with Gasteiger partial charge in [-0.1, -0.05) is 0 Å². The van der Waals surface area contributed by atoms with E-state index < -0.39 is 6.10 Å². The fraction of sp³-hybridized carbons (Fsp3) is 0.438. The summed E-state index contributed by atoms with van der Waals surface area (Å²) in [4.78, 5) is 0. The molecule has 0 aliphatic heterocycles. The molecule has 0 aliphatic rings. The number of aromatic nitrogens is 2. The molecule has 0 saturated carbocycles. The number of benzene rings is 1. The van der Waals surface area contributed by atoms with E-state index in [0.717, 1.165) is 22.5 Å². The Labute approximate surface area is 125 Å². The number of rotatable bonds is 5. The van der Waals surface area contributed by atoms with Crippen LogP contribution in [0.2, 0.25) is 0 Å². The van der Waals surface area contributed by atoms with E-state index >= 15 is 0 Å². The molecule has 2 rings (SSSR count). The molecule has 1 aromatic carbocycles. The molecule has 1 atom stereocenters. The minimum Gasteiger partial charge on any atom is -0.497 e. The number of hydrogen-bond acceptors (Lipinski definition) is 4. The molecule has 5 heteroatoms. The van der Waals surface area contributed by atoms with Crippen molar-refractivity contribution in [2.24, 2.45) is 7.05 Å². The third-order valence-corrected chi connectivity index (χ3v) is 3.81. The summed E-state index contributed by atoms with van der Waals surface area (Å²) >= 11 is 0. The van der Waals surface area contributed by atoms with E-state index in [2.05, 4.69) is 5.10 Å². The highest BCUT2D eigenvalue weighted by atomic mass is 16.5. The van der Waals surface area contributed by atoms with E-state index in [0.29, 0.717) is 17.9 Å². The number of aryl methyl sites for hydroxylation is 2. The van der Waals surface area contributed by atoms with Gasteiger partial charge in [0.1, 0.15) is 11.5 Å². The lowest BCUT2D eigenvalue weighted by atomic mass is 9.99. The molecule has 0 fully saturated rings. The Morgan fingerprint density at radius 1 is 1.14 bits per heavy atom. The van der Waals surface area contributed by atoms with E-state index in [1.165, 1.54) is 0 Å². The van der Waals surface area contributed by atoms with Gasteiger partial charge in [0.15, 0.2) is 0 Å². The van der Waals surface area contributed by atoms with Crippen LogP contribution in [0.5, 0.6) is 11.5 Å². The van der Waals surface area contributed by atoms with Crippen LogP contribution in [0, 0.1) is 13.8 Å². The van der Waals surface area contributed by atoms with Gasteiger partial charge in [0.2, 0.25) is 0 Å². The molecule has 1 N–H and O–H groups in total. The second kappa shape index (κ2) is 6.18. The summed E-state index contributed by atoms with van der Waals surface area (Å²) < 4.78 is 12.3. The molecular formula is C16H22N2O3. The molecule has 0 amide bonds. The summed E-state index contributed by atoms with van der Waals surface area (Å²) in [5.41, 5.74) is 3.87. The molecule has 0 aliphatic carbocycles. The van der Waals surface area contributed by atoms with E-state index in [9.17, 15) is 5.11 Å². The number of ether oxygens (including phenoxy) is 2. The van der Waals surface area contributed by atoms with E-state index in [-0.39, 0.29) is 0 Å². The van der Waals surface area contributed by atoms with Gasteiger partial charge in [-0.2, -0.15) is 5.10 Å². The maximum Gasteiger partial charge on any atom is 0.122 e. The molecule has 114 valence electrons. The quantitative estimate of drug-likeness (QED) is 0.918. The molecule has 0 saturated heterocycles. The van der Waals surface area contributed by atoms with E-state index in [1.807, 2.05) is 37.7 Å². The van der Waals surface area contributed by atoms with Gasteiger partial charge < -0.3 is 14.6 Å². The van der Waals surface area contributed by atoms with Crippen LogP contribution in [0.25, 0.3) is 0 Å². The van der Waals surface area contributed by atoms with Crippen molar-refractivity contribution in [2.75, 3.05) is 14.2 Å². The molecule has 5 nitrogen and oxygen atoms in total. The Hall–Kier alpha value is -2.01. The highest BCUT2D eigenvalue weighted by molar-refractivity contribution is 5.40. The van der Waals surface area contributed by atoms with Gasteiger partial charge in [-0.15, -0.1) is 0 Å². The first kappa shape index (κ1) is 15.4. The van der Waals surface area contributed by atoms with E-state index in [1.54, 1.807) is 20.3 Å². The van der Waals surface area contributed by atoms with Crippen LogP contribution in [-0.4, -0.2) is 29.1 Å². The van der Waals surface area contributed by atoms with Crippen LogP contribution in [0.15, 0.2) is 18.2 Å². The molecule has 0 radical (unpaired) electrons. The first-order chi connectivity index (χ1) is 9.96. The van der Waals surface area contributed by atoms with Crippen LogP contribution in [0.4, 0.5) is 0 Å². The number of methoxy groups -OCH3 is 2. The Morgan fingerprint density at radius 3 is 2.14 bits per heavy atom. The monoisotopic (exact) mass is 290 g/mol.